The van der Waals surface area contributed by atoms with Gasteiger partial charge in [0.1, 0.15) is 77.8 Å². The van der Waals surface area contributed by atoms with E-state index in [9.17, 15) is 50.4 Å². The van der Waals surface area contributed by atoms with E-state index in [4.69, 9.17) is 56.8 Å². The highest BCUT2D eigenvalue weighted by Crippen LogP contribution is 2.71. The molecule has 0 amide bonds. The third kappa shape index (κ3) is 10.6. The number of fused-ring (bicyclic) bond motifs is 5. The molecule has 9 rings (SSSR count). The van der Waals surface area contributed by atoms with Crippen molar-refractivity contribution < 1.29 is 107 Å². The number of aliphatic hydroxyl groups is 8. The Labute approximate surface area is 461 Å². The third-order valence-electron chi connectivity index (χ3n) is 19.6. The molecule has 22 nitrogen and oxygen atoms in total. The Balaban J connectivity index is 0.816. The molecule has 7 fully saturated rings. The number of methoxy groups -OCH3 is 3. The van der Waals surface area contributed by atoms with Crippen molar-refractivity contribution in [2.75, 3.05) is 27.9 Å². The van der Waals surface area contributed by atoms with Crippen molar-refractivity contribution in [1.82, 2.24) is 0 Å². The van der Waals surface area contributed by atoms with Crippen LogP contribution in [0.15, 0.2) is 48.1 Å². The number of ether oxygens (including phenoxy) is 12. The maximum absolute atomic E-state index is 13.6. The first-order valence-electron chi connectivity index (χ1n) is 27.9. The van der Waals surface area contributed by atoms with Gasteiger partial charge < -0.3 is 97.7 Å². The van der Waals surface area contributed by atoms with Crippen molar-refractivity contribution in [1.29, 1.82) is 0 Å². The Hall–Kier alpha value is -2.92. The van der Waals surface area contributed by atoms with Crippen LogP contribution in [0.4, 0.5) is 0 Å². The predicted octanol–water partition coefficient (Wildman–Crippen LogP) is 1.50. The highest BCUT2D eigenvalue weighted by atomic mass is 16.8. The summed E-state index contributed by atoms with van der Waals surface area (Å²) in [4.78, 5) is 27.0. The lowest BCUT2D eigenvalue weighted by atomic mass is 9.42. The molecule has 1 aromatic carbocycles. The van der Waals surface area contributed by atoms with Gasteiger partial charge in [0.15, 0.2) is 30.9 Å². The summed E-state index contributed by atoms with van der Waals surface area (Å²) in [5, 5.41) is 90.5. The molecule has 3 saturated carbocycles. The number of rotatable bonds is 16. The van der Waals surface area contributed by atoms with Gasteiger partial charge in [-0.2, -0.15) is 0 Å². The van der Waals surface area contributed by atoms with Gasteiger partial charge >= 0.3 is 5.97 Å². The summed E-state index contributed by atoms with van der Waals surface area (Å²) in [6, 6.07) is 9.24. The van der Waals surface area contributed by atoms with Crippen LogP contribution in [0, 0.1) is 16.7 Å². The minimum Gasteiger partial charge on any atom is -0.458 e. The molecule has 0 radical (unpaired) electrons. The molecule has 4 heterocycles. The third-order valence-corrected chi connectivity index (χ3v) is 19.6. The van der Waals surface area contributed by atoms with Crippen molar-refractivity contribution in [2.24, 2.45) is 16.7 Å². The number of carbonyl (C=O) groups is 2. The molecule has 4 aliphatic heterocycles. The van der Waals surface area contributed by atoms with E-state index in [0.29, 0.717) is 25.7 Å². The minimum absolute atomic E-state index is 0.0567. The first-order valence-corrected chi connectivity index (χ1v) is 27.9. The summed E-state index contributed by atoms with van der Waals surface area (Å²) in [6.45, 7) is 9.58. The molecule has 0 unspecified atom stereocenters. The van der Waals surface area contributed by atoms with E-state index in [0.717, 1.165) is 11.1 Å². The van der Waals surface area contributed by atoms with E-state index in [2.05, 4.69) is 6.92 Å². The minimum atomic E-state index is -2.07. The molecule has 22 heteroatoms. The summed E-state index contributed by atoms with van der Waals surface area (Å²) in [5.74, 6) is -1.87. The molecule has 79 heavy (non-hydrogen) atoms. The lowest BCUT2D eigenvalue weighted by Crippen LogP contribution is -2.78. The number of ketones is 1. The highest BCUT2D eigenvalue weighted by molar-refractivity contribution is 5.88. The summed E-state index contributed by atoms with van der Waals surface area (Å²) in [7, 11) is 4.49. The first-order chi connectivity index (χ1) is 37.4. The summed E-state index contributed by atoms with van der Waals surface area (Å²) in [5.41, 5.74) is -6.42. The predicted molar refractivity (Wildman–Crippen MR) is 275 cm³/mol. The van der Waals surface area contributed by atoms with E-state index >= 15 is 0 Å². The zero-order valence-electron chi connectivity index (χ0n) is 46.6. The average Bonchev–Trinajstić information content (AvgIpc) is 3.24. The number of aliphatic hydroxyl groups excluding tert-OH is 5. The molecular formula is C57H84O22. The van der Waals surface area contributed by atoms with Gasteiger partial charge in [-0.1, -0.05) is 48.9 Å². The molecule has 0 aromatic heterocycles. The molecule has 0 bridgehead atoms. The van der Waals surface area contributed by atoms with Gasteiger partial charge in [0.05, 0.1) is 48.6 Å². The zero-order valence-corrected chi connectivity index (χ0v) is 46.6. The van der Waals surface area contributed by atoms with Gasteiger partial charge in [0.25, 0.3) is 0 Å². The highest BCUT2D eigenvalue weighted by Gasteiger charge is 2.81. The van der Waals surface area contributed by atoms with Crippen LogP contribution in [0.3, 0.4) is 0 Å². The van der Waals surface area contributed by atoms with Crippen molar-refractivity contribution in [3.05, 3.63) is 53.6 Å². The Bertz CT molecular complexity index is 2340. The van der Waals surface area contributed by atoms with Crippen LogP contribution in [-0.4, -0.2) is 220 Å². The molecule has 8 N–H and O–H groups in total. The molecule has 4 aliphatic carbocycles. The zero-order chi connectivity index (χ0) is 57.1. The lowest BCUT2D eigenvalue weighted by molar-refractivity contribution is -0.373. The average molecular weight is 1120 g/mol. The fraction of sp³-hybridized carbons (Fsp3) is 0.789. The van der Waals surface area contributed by atoms with Gasteiger partial charge in [-0.15, -0.1) is 0 Å². The van der Waals surface area contributed by atoms with Crippen molar-refractivity contribution in [3.63, 3.8) is 0 Å². The molecule has 4 saturated heterocycles. The van der Waals surface area contributed by atoms with Crippen LogP contribution in [0.2, 0.25) is 0 Å². The fourth-order valence-corrected chi connectivity index (χ4v) is 14.8. The topological polar surface area (TPSA) is 307 Å². The van der Waals surface area contributed by atoms with Gasteiger partial charge in [-0.3, -0.25) is 4.79 Å². The van der Waals surface area contributed by atoms with Crippen LogP contribution >= 0.6 is 0 Å². The maximum Gasteiger partial charge on any atom is 0.331 e. The van der Waals surface area contributed by atoms with Gasteiger partial charge in [-0.25, -0.2) is 4.79 Å². The molecule has 26 atom stereocenters. The monoisotopic (exact) mass is 1120 g/mol. The van der Waals surface area contributed by atoms with Crippen molar-refractivity contribution in [2.45, 2.75) is 239 Å². The largest absolute Gasteiger partial charge is 0.458 e. The van der Waals surface area contributed by atoms with Crippen LogP contribution in [0.25, 0.3) is 6.08 Å². The summed E-state index contributed by atoms with van der Waals surface area (Å²) >= 11 is 0. The van der Waals surface area contributed by atoms with Crippen LogP contribution < -0.4 is 0 Å². The van der Waals surface area contributed by atoms with E-state index < -0.39 is 169 Å². The van der Waals surface area contributed by atoms with Crippen LogP contribution in [0.5, 0.6) is 0 Å². The quantitative estimate of drug-likeness (QED) is 0.0661. The fourth-order valence-electron chi connectivity index (χ4n) is 14.8. The second-order valence-electron chi connectivity index (χ2n) is 23.7. The van der Waals surface area contributed by atoms with E-state index in [1.165, 1.54) is 27.2 Å². The number of Topliss-reactive ketones (excluding diaryl/α,β-unsaturated/α-hetero) is 1. The Kier molecular flexibility index (Phi) is 18.1. The van der Waals surface area contributed by atoms with Gasteiger partial charge in [0.2, 0.25) is 0 Å². The SMILES string of the molecule is CO[C@@H]1[C@@H](O)[C@H](O[C@@H]2[C@@H](C)O[C@@H](O[C@H]3[C@@H](OC)C[C@H](O[C@H]4CC[C@@]5(C)C(=CC[C@]6(O)[C@@H]5C[C@@H](OC(=O)/C=C/c5ccccc5)[C@@]5(C)[C@@]6(O)CC[C@@]5(O)C(C)=O)C4)O[C@@H]3C)C[C@H]2OC)O[C@H](C)[C@H]1O[C@@H]1O[C@H](CO)[C@@H](O)[C@H](O)[C@H]1O. The molecule has 0 spiro atoms. The smallest absolute Gasteiger partial charge is 0.331 e. The first kappa shape index (κ1) is 60.7. The van der Waals surface area contributed by atoms with Crippen LogP contribution in [0.1, 0.15) is 105 Å². The lowest BCUT2D eigenvalue weighted by Gasteiger charge is -2.67. The number of esters is 1. The Morgan fingerprint density at radius 1 is 0.696 bits per heavy atom. The van der Waals surface area contributed by atoms with E-state index in [1.54, 1.807) is 34.0 Å². The van der Waals surface area contributed by atoms with E-state index in [-0.39, 0.29) is 38.2 Å². The maximum atomic E-state index is 13.6. The second-order valence-corrected chi connectivity index (χ2v) is 23.7. The van der Waals surface area contributed by atoms with Crippen molar-refractivity contribution in [3.8, 4) is 0 Å². The van der Waals surface area contributed by atoms with Gasteiger partial charge in [0, 0.05) is 46.2 Å². The number of benzene rings is 1. The summed E-state index contributed by atoms with van der Waals surface area (Å²) < 4.78 is 74.1. The second kappa shape index (κ2) is 23.6. The normalized spacial score (nSPS) is 49.1. The number of hydrogen-bond donors (Lipinski definition) is 8. The Morgan fingerprint density at radius 3 is 1.92 bits per heavy atom. The Morgan fingerprint density at radius 2 is 1.30 bits per heavy atom. The van der Waals surface area contributed by atoms with Gasteiger partial charge in [-0.05, 0) is 96.6 Å². The molecular weight excluding hydrogens is 1040 g/mol. The van der Waals surface area contributed by atoms with E-state index in [1.807, 2.05) is 43.3 Å². The molecule has 444 valence electrons. The molecule has 1 aromatic rings. The molecule has 8 aliphatic rings. The standard InChI is InChI=1S/C57H84O22/c1-28-47(77-42-25-36(69-8)48(29(2)72-42)78-52-46(64)50(70-9)49(30(3)73-52)79-51-45(63)44(62)43(61)37(27-58)75-51)35(68-7)24-41(71-28)74-34-18-19-53(5)33(23-34)17-20-56(66)38(53)26-39(76-40(60)16-15-32-13-11-10-12-14-32)54(6)55(65,31(4)59)21-22-57(54,56)67/h10-17,28-30,34-39,41-52,58,61-67H,18-27H2,1-9H3/b16-15+/t28-,29-,30-,34+,35+,36-,37-,38-,39-,41+,42+,43-,44+,45-,46-,47-,48-,49-,50-,51+,52+,53+,54-,55-,56+,57+/m1/s1. The van der Waals surface area contributed by atoms with Crippen LogP contribution in [-0.2, 0) is 66.4 Å². The van der Waals surface area contributed by atoms with Crippen molar-refractivity contribution >= 4 is 17.8 Å². The summed E-state index contributed by atoms with van der Waals surface area (Å²) in [6.07, 6.45) is -12.7. The number of carbonyl (C=O) groups excluding carboxylic acids is 2. The number of hydrogen-bond acceptors (Lipinski definition) is 22.